The van der Waals surface area contributed by atoms with Crippen LogP contribution in [0.4, 0.5) is 0 Å². The summed E-state index contributed by atoms with van der Waals surface area (Å²) in [7, 11) is 0. The Kier molecular flexibility index (Phi) is 10.1. The summed E-state index contributed by atoms with van der Waals surface area (Å²) in [6.07, 6.45) is 0.312. The van der Waals surface area contributed by atoms with Crippen molar-refractivity contribution in [1.82, 2.24) is 20.9 Å². The lowest BCUT2D eigenvalue weighted by Crippen LogP contribution is -2.57. The summed E-state index contributed by atoms with van der Waals surface area (Å²) in [4.78, 5) is 74.7. The molecule has 14 nitrogen and oxygen atoms in total. The molecule has 0 bridgehead atoms. The molecule has 0 fully saturated rings. The molecule has 2 rings (SSSR count). The van der Waals surface area contributed by atoms with Gasteiger partial charge in [-0.3, -0.25) is 28.8 Å². The van der Waals surface area contributed by atoms with E-state index in [-0.39, 0.29) is 12.8 Å². The van der Waals surface area contributed by atoms with Crippen LogP contribution in [0, 0.1) is 0 Å². The summed E-state index contributed by atoms with van der Waals surface area (Å²) < 4.78 is 0. The van der Waals surface area contributed by atoms with Crippen LogP contribution in [-0.4, -0.2) is 74.9 Å². The van der Waals surface area contributed by atoms with Gasteiger partial charge in [-0.2, -0.15) is 0 Å². The summed E-state index contributed by atoms with van der Waals surface area (Å²) in [5.41, 5.74) is 12.8. The molecule has 1 aromatic carbocycles. The number of rotatable bonds is 14. The standard InChI is InChI=1S/C23H30N6O8/c1-11(23(36)37)27-22(35)17(9-18(25)30)29-21(34)16(6-7-19(31)32)28-20(33)14(24)8-12-10-26-15-5-3-2-4-13(12)15/h2-5,10-11,14,16-17,26H,6-9,24H2,1H3,(H2,25,30)(H,27,35)(H,28,33)(H,29,34)(H,31,32)(H,36,37). The zero-order chi connectivity index (χ0) is 27.7. The van der Waals surface area contributed by atoms with Crippen molar-refractivity contribution in [3.63, 3.8) is 0 Å². The second-order valence-corrected chi connectivity index (χ2v) is 8.46. The van der Waals surface area contributed by atoms with Gasteiger partial charge < -0.3 is 42.6 Å². The largest absolute Gasteiger partial charge is 0.481 e. The van der Waals surface area contributed by atoms with Crippen molar-refractivity contribution in [2.24, 2.45) is 11.5 Å². The number of amides is 4. The van der Waals surface area contributed by atoms with Gasteiger partial charge in [-0.15, -0.1) is 0 Å². The molecule has 37 heavy (non-hydrogen) atoms. The van der Waals surface area contributed by atoms with Crippen LogP contribution in [0.15, 0.2) is 30.5 Å². The normalized spacial score (nSPS) is 14.1. The zero-order valence-corrected chi connectivity index (χ0v) is 20.0. The third-order valence-electron chi connectivity index (χ3n) is 5.50. The Hall–Kier alpha value is -4.46. The number of carbonyl (C=O) groups excluding carboxylic acids is 4. The summed E-state index contributed by atoms with van der Waals surface area (Å²) in [6.45, 7) is 1.17. The van der Waals surface area contributed by atoms with E-state index >= 15 is 0 Å². The van der Waals surface area contributed by atoms with Crippen molar-refractivity contribution in [3.8, 4) is 0 Å². The number of para-hydroxylation sites is 1. The molecule has 4 unspecified atom stereocenters. The molecule has 1 aromatic heterocycles. The molecule has 2 aromatic rings. The fraction of sp³-hybridized carbons (Fsp3) is 0.391. The minimum absolute atomic E-state index is 0.114. The van der Waals surface area contributed by atoms with Crippen LogP contribution in [-0.2, 0) is 35.2 Å². The molecular weight excluding hydrogens is 488 g/mol. The molecule has 4 amide bonds. The van der Waals surface area contributed by atoms with E-state index in [1.54, 1.807) is 6.20 Å². The lowest BCUT2D eigenvalue weighted by molar-refractivity contribution is -0.142. The highest BCUT2D eigenvalue weighted by Crippen LogP contribution is 2.18. The van der Waals surface area contributed by atoms with Crippen LogP contribution in [0.2, 0.25) is 0 Å². The van der Waals surface area contributed by atoms with Crippen LogP contribution >= 0.6 is 0 Å². The summed E-state index contributed by atoms with van der Waals surface area (Å²) in [5, 5.41) is 25.6. The highest BCUT2D eigenvalue weighted by atomic mass is 16.4. The highest BCUT2D eigenvalue weighted by molar-refractivity contribution is 5.96. The van der Waals surface area contributed by atoms with Gasteiger partial charge in [0.25, 0.3) is 0 Å². The molecule has 0 aliphatic carbocycles. The Morgan fingerprint density at radius 1 is 0.946 bits per heavy atom. The topological polar surface area (TPSA) is 247 Å². The number of aromatic nitrogens is 1. The molecule has 0 aliphatic heterocycles. The lowest BCUT2D eigenvalue weighted by Gasteiger charge is -2.24. The molecule has 0 saturated carbocycles. The maximum absolute atomic E-state index is 12.9. The number of nitrogens with two attached hydrogens (primary N) is 2. The van der Waals surface area contributed by atoms with E-state index in [4.69, 9.17) is 21.7 Å². The number of primary amides is 1. The Labute approximate surface area is 211 Å². The van der Waals surface area contributed by atoms with E-state index in [9.17, 15) is 28.8 Å². The number of fused-ring (bicyclic) bond motifs is 1. The number of carboxylic acid groups (broad SMARTS) is 2. The first-order chi connectivity index (χ1) is 17.4. The molecule has 1 heterocycles. The number of H-pyrrole nitrogens is 1. The second-order valence-electron chi connectivity index (χ2n) is 8.46. The van der Waals surface area contributed by atoms with Crippen LogP contribution in [0.25, 0.3) is 10.9 Å². The number of carbonyl (C=O) groups is 6. The molecule has 14 heteroatoms. The predicted molar refractivity (Wildman–Crippen MR) is 130 cm³/mol. The van der Waals surface area contributed by atoms with E-state index in [2.05, 4.69) is 20.9 Å². The Bertz CT molecular complexity index is 1180. The van der Waals surface area contributed by atoms with E-state index < -0.39 is 72.6 Å². The minimum atomic E-state index is -1.56. The first-order valence-corrected chi connectivity index (χ1v) is 11.3. The third kappa shape index (κ3) is 8.61. The molecule has 4 atom stereocenters. The molecule has 0 radical (unpaired) electrons. The SMILES string of the molecule is CC(NC(=O)C(CC(N)=O)NC(=O)C(CCC(=O)O)NC(=O)C(N)Cc1c[nH]c2ccccc12)C(=O)O. The maximum atomic E-state index is 12.9. The smallest absolute Gasteiger partial charge is 0.325 e. The fourth-order valence-corrected chi connectivity index (χ4v) is 3.50. The van der Waals surface area contributed by atoms with Gasteiger partial charge in [0.1, 0.15) is 18.1 Å². The molecule has 10 N–H and O–H groups in total. The van der Waals surface area contributed by atoms with Gasteiger partial charge in [0.15, 0.2) is 0 Å². The summed E-state index contributed by atoms with van der Waals surface area (Å²) >= 11 is 0. The number of carboxylic acids is 2. The van der Waals surface area contributed by atoms with Gasteiger partial charge >= 0.3 is 11.9 Å². The molecule has 200 valence electrons. The number of hydrogen-bond donors (Lipinski definition) is 8. The lowest BCUT2D eigenvalue weighted by atomic mass is 10.0. The number of nitrogens with one attached hydrogen (secondary N) is 4. The van der Waals surface area contributed by atoms with E-state index in [0.29, 0.717) is 0 Å². The number of aromatic amines is 1. The van der Waals surface area contributed by atoms with Gasteiger partial charge in [-0.1, -0.05) is 18.2 Å². The molecule has 0 spiro atoms. The van der Waals surface area contributed by atoms with Gasteiger partial charge in [0.05, 0.1) is 12.5 Å². The fourth-order valence-electron chi connectivity index (χ4n) is 3.50. The summed E-state index contributed by atoms with van der Waals surface area (Å²) in [6, 6.07) is 1.97. The summed E-state index contributed by atoms with van der Waals surface area (Å²) in [5.74, 6) is -6.27. The van der Waals surface area contributed by atoms with Crippen LogP contribution in [0.1, 0.15) is 31.7 Å². The Morgan fingerprint density at radius 2 is 1.57 bits per heavy atom. The van der Waals surface area contributed by atoms with Gasteiger partial charge in [-0.25, -0.2) is 0 Å². The zero-order valence-electron chi connectivity index (χ0n) is 20.0. The number of aliphatic carboxylic acids is 2. The van der Waals surface area contributed by atoms with Crippen molar-refractivity contribution in [2.45, 2.75) is 56.8 Å². The van der Waals surface area contributed by atoms with E-state index in [0.717, 1.165) is 16.5 Å². The van der Waals surface area contributed by atoms with Crippen LogP contribution in [0.5, 0.6) is 0 Å². The van der Waals surface area contributed by atoms with Crippen molar-refractivity contribution in [1.29, 1.82) is 0 Å². The predicted octanol–water partition coefficient (Wildman–Crippen LogP) is -1.66. The Morgan fingerprint density at radius 3 is 2.19 bits per heavy atom. The van der Waals surface area contributed by atoms with Gasteiger partial charge in [0, 0.05) is 23.5 Å². The van der Waals surface area contributed by atoms with Crippen molar-refractivity contribution in [3.05, 3.63) is 36.0 Å². The van der Waals surface area contributed by atoms with Gasteiger partial charge in [-0.05, 0) is 31.4 Å². The number of benzene rings is 1. The highest BCUT2D eigenvalue weighted by Gasteiger charge is 2.30. The average molecular weight is 519 g/mol. The molecule has 0 aliphatic rings. The first-order valence-electron chi connectivity index (χ1n) is 11.3. The van der Waals surface area contributed by atoms with Gasteiger partial charge in [0.2, 0.25) is 23.6 Å². The maximum Gasteiger partial charge on any atom is 0.325 e. The van der Waals surface area contributed by atoms with E-state index in [1.165, 1.54) is 6.92 Å². The monoisotopic (exact) mass is 518 g/mol. The second kappa shape index (κ2) is 13.0. The average Bonchev–Trinajstić information content (AvgIpc) is 3.23. The molecular formula is C23H30N6O8. The van der Waals surface area contributed by atoms with Crippen molar-refractivity contribution >= 4 is 46.5 Å². The van der Waals surface area contributed by atoms with Crippen molar-refractivity contribution in [2.75, 3.05) is 0 Å². The quantitative estimate of drug-likeness (QED) is 0.142. The first kappa shape index (κ1) is 28.8. The van der Waals surface area contributed by atoms with E-state index in [1.807, 2.05) is 24.3 Å². The number of hydrogen-bond acceptors (Lipinski definition) is 7. The third-order valence-corrected chi connectivity index (χ3v) is 5.50. The minimum Gasteiger partial charge on any atom is -0.481 e. The van der Waals surface area contributed by atoms with Crippen LogP contribution in [0.3, 0.4) is 0 Å². The Balaban J connectivity index is 2.14. The van der Waals surface area contributed by atoms with Crippen LogP contribution < -0.4 is 27.4 Å². The van der Waals surface area contributed by atoms with Crippen molar-refractivity contribution < 1.29 is 39.0 Å². The molecule has 0 saturated heterocycles.